The number of hydrogen-bond acceptors (Lipinski definition) is 5. The molecule has 0 aliphatic carbocycles. The third-order valence-corrected chi connectivity index (χ3v) is 6.73. The Kier molecular flexibility index (Phi) is 5.76. The van der Waals surface area contributed by atoms with Gasteiger partial charge in [-0.15, -0.1) is 0 Å². The maximum Gasteiger partial charge on any atom is 0.256 e. The summed E-state index contributed by atoms with van der Waals surface area (Å²) < 4.78 is 40.8. The number of sulfonamides is 1. The Morgan fingerprint density at radius 1 is 1.21 bits per heavy atom. The lowest BCUT2D eigenvalue weighted by molar-refractivity contribution is 0.0825. The molecule has 0 saturated carbocycles. The third kappa shape index (κ3) is 3.90. The number of carbonyl (C=O) groups excluding carboxylic acids is 1. The highest BCUT2D eigenvalue weighted by atomic mass is 32.2. The van der Waals surface area contributed by atoms with Gasteiger partial charge in [-0.2, -0.15) is 4.31 Å². The molecule has 0 radical (unpaired) electrons. The van der Waals surface area contributed by atoms with E-state index in [4.69, 9.17) is 0 Å². The lowest BCUT2D eigenvalue weighted by Gasteiger charge is -2.33. The molecule has 1 fully saturated rings. The predicted molar refractivity (Wildman–Crippen MR) is 102 cm³/mol. The first-order valence-corrected chi connectivity index (χ1v) is 10.5. The van der Waals surface area contributed by atoms with Gasteiger partial charge in [0.15, 0.2) is 0 Å². The number of amides is 1. The molecule has 1 unspecified atom stereocenters. The molecule has 0 spiro atoms. The highest BCUT2D eigenvalue weighted by Crippen LogP contribution is 2.34. The van der Waals surface area contributed by atoms with Crippen LogP contribution in [-0.4, -0.2) is 54.1 Å². The lowest BCUT2D eigenvalue weighted by Crippen LogP contribution is -2.39. The van der Waals surface area contributed by atoms with Crippen molar-refractivity contribution in [3.8, 4) is 0 Å². The second-order valence-electron chi connectivity index (χ2n) is 7.01. The van der Waals surface area contributed by atoms with Gasteiger partial charge in [0.05, 0.1) is 22.2 Å². The van der Waals surface area contributed by atoms with Gasteiger partial charge in [0.25, 0.3) is 5.91 Å². The monoisotopic (exact) mass is 406 g/mol. The SMILES string of the molecule is Cc1nc(C2CCCCN2S(=O)(=O)c2ccc(F)cc2)ncc1C(=O)N(C)C. The van der Waals surface area contributed by atoms with Crippen molar-refractivity contribution in [1.82, 2.24) is 19.2 Å². The number of benzene rings is 1. The molecular formula is C19H23FN4O3S. The van der Waals surface area contributed by atoms with E-state index in [1.165, 1.54) is 27.5 Å². The van der Waals surface area contributed by atoms with Crippen molar-refractivity contribution in [3.05, 3.63) is 53.4 Å². The summed E-state index contributed by atoms with van der Waals surface area (Å²) in [6, 6.07) is 4.27. The Labute approximate surface area is 164 Å². The third-order valence-electron chi connectivity index (χ3n) is 4.81. The van der Waals surface area contributed by atoms with Gasteiger partial charge in [-0.1, -0.05) is 6.42 Å². The molecule has 1 amide bonds. The normalized spacial score (nSPS) is 18.1. The van der Waals surface area contributed by atoms with Crippen molar-refractivity contribution in [2.45, 2.75) is 37.1 Å². The van der Waals surface area contributed by atoms with Gasteiger partial charge in [-0.3, -0.25) is 4.79 Å². The minimum atomic E-state index is -3.82. The fraction of sp³-hybridized carbons (Fsp3) is 0.421. The van der Waals surface area contributed by atoms with Crippen LogP contribution in [0.5, 0.6) is 0 Å². The average molecular weight is 406 g/mol. The molecular weight excluding hydrogens is 383 g/mol. The lowest BCUT2D eigenvalue weighted by atomic mass is 10.0. The molecule has 7 nitrogen and oxygen atoms in total. The maximum absolute atomic E-state index is 13.2. The largest absolute Gasteiger partial charge is 0.345 e. The number of carbonyl (C=O) groups is 1. The van der Waals surface area contributed by atoms with Crippen LogP contribution in [0.25, 0.3) is 0 Å². The van der Waals surface area contributed by atoms with E-state index in [1.807, 2.05) is 0 Å². The molecule has 0 N–H and O–H groups in total. The van der Waals surface area contributed by atoms with Crippen LogP contribution >= 0.6 is 0 Å². The summed E-state index contributed by atoms with van der Waals surface area (Å²) in [5.74, 6) is -0.323. The molecule has 2 heterocycles. The molecule has 28 heavy (non-hydrogen) atoms. The quantitative estimate of drug-likeness (QED) is 0.779. The molecule has 3 rings (SSSR count). The predicted octanol–water partition coefficient (Wildman–Crippen LogP) is 2.54. The number of hydrogen-bond donors (Lipinski definition) is 0. The fourth-order valence-electron chi connectivity index (χ4n) is 3.29. The zero-order chi connectivity index (χ0) is 20.5. The minimum absolute atomic E-state index is 0.0388. The van der Waals surface area contributed by atoms with Gasteiger partial charge in [0.2, 0.25) is 10.0 Å². The van der Waals surface area contributed by atoms with Gasteiger partial charge < -0.3 is 4.90 Å². The first-order valence-electron chi connectivity index (χ1n) is 9.04. The van der Waals surface area contributed by atoms with Gasteiger partial charge in [0.1, 0.15) is 11.6 Å². The summed E-state index contributed by atoms with van der Waals surface area (Å²) in [5, 5.41) is 0. The highest BCUT2D eigenvalue weighted by molar-refractivity contribution is 7.89. The van der Waals surface area contributed by atoms with E-state index in [2.05, 4.69) is 9.97 Å². The Morgan fingerprint density at radius 2 is 1.89 bits per heavy atom. The number of nitrogens with zero attached hydrogens (tertiary/aromatic N) is 4. The van der Waals surface area contributed by atoms with E-state index in [-0.39, 0.29) is 10.8 Å². The van der Waals surface area contributed by atoms with Crippen LogP contribution in [0.3, 0.4) is 0 Å². The van der Waals surface area contributed by atoms with Crippen molar-refractivity contribution < 1.29 is 17.6 Å². The maximum atomic E-state index is 13.2. The number of aryl methyl sites for hydroxylation is 1. The van der Waals surface area contributed by atoms with Crippen molar-refractivity contribution in [3.63, 3.8) is 0 Å². The molecule has 150 valence electrons. The second-order valence-corrected chi connectivity index (χ2v) is 8.90. The van der Waals surface area contributed by atoms with E-state index in [1.54, 1.807) is 21.0 Å². The first-order chi connectivity index (χ1) is 13.2. The number of rotatable bonds is 4. The van der Waals surface area contributed by atoms with Crippen LogP contribution in [0.15, 0.2) is 35.4 Å². The molecule has 1 saturated heterocycles. The molecule has 2 aromatic rings. The fourth-order valence-corrected chi connectivity index (χ4v) is 4.94. The smallest absolute Gasteiger partial charge is 0.256 e. The molecule has 1 aromatic heterocycles. The molecule has 1 aliphatic rings. The van der Waals surface area contributed by atoms with Gasteiger partial charge >= 0.3 is 0 Å². The number of halogens is 1. The molecule has 1 atom stereocenters. The van der Waals surface area contributed by atoms with E-state index >= 15 is 0 Å². The Hall–Kier alpha value is -2.39. The standard InChI is InChI=1S/C19H23FN4O3S/c1-13-16(19(25)23(2)3)12-21-18(22-13)17-6-4-5-11-24(17)28(26,27)15-9-7-14(20)8-10-15/h7-10,12,17H,4-6,11H2,1-3H3. The van der Waals surface area contributed by atoms with Crippen molar-refractivity contribution in [2.24, 2.45) is 0 Å². The van der Waals surface area contributed by atoms with Crippen LogP contribution in [0.4, 0.5) is 4.39 Å². The van der Waals surface area contributed by atoms with Crippen molar-refractivity contribution in [2.75, 3.05) is 20.6 Å². The zero-order valence-electron chi connectivity index (χ0n) is 16.1. The van der Waals surface area contributed by atoms with Crippen LogP contribution in [-0.2, 0) is 10.0 Å². The van der Waals surface area contributed by atoms with E-state index in [9.17, 15) is 17.6 Å². The van der Waals surface area contributed by atoms with E-state index in [0.29, 0.717) is 30.0 Å². The average Bonchev–Trinajstić information content (AvgIpc) is 2.67. The van der Waals surface area contributed by atoms with Gasteiger partial charge in [-0.05, 0) is 44.0 Å². The summed E-state index contributed by atoms with van der Waals surface area (Å²) in [5.41, 5.74) is 0.894. The van der Waals surface area contributed by atoms with E-state index in [0.717, 1.165) is 25.0 Å². The molecule has 1 aliphatic heterocycles. The number of piperidine rings is 1. The second kappa shape index (κ2) is 7.92. The van der Waals surface area contributed by atoms with Crippen LogP contribution < -0.4 is 0 Å². The van der Waals surface area contributed by atoms with Gasteiger partial charge in [0, 0.05) is 26.8 Å². The summed E-state index contributed by atoms with van der Waals surface area (Å²) in [6.45, 7) is 2.05. The van der Waals surface area contributed by atoms with Crippen molar-refractivity contribution in [1.29, 1.82) is 0 Å². The number of aromatic nitrogens is 2. The topological polar surface area (TPSA) is 83.5 Å². The summed E-state index contributed by atoms with van der Waals surface area (Å²) in [4.78, 5) is 22.4. The van der Waals surface area contributed by atoms with Crippen LogP contribution in [0, 0.1) is 12.7 Å². The molecule has 1 aromatic carbocycles. The summed E-state index contributed by atoms with van der Waals surface area (Å²) in [7, 11) is -0.524. The first kappa shape index (κ1) is 20.3. The minimum Gasteiger partial charge on any atom is -0.345 e. The zero-order valence-corrected chi connectivity index (χ0v) is 16.9. The Bertz CT molecular complexity index is 977. The molecule has 9 heteroatoms. The summed E-state index contributed by atoms with van der Waals surface area (Å²) in [6.07, 6.45) is 3.62. The van der Waals surface area contributed by atoms with Crippen molar-refractivity contribution >= 4 is 15.9 Å². The Morgan fingerprint density at radius 3 is 2.50 bits per heavy atom. The van der Waals surface area contributed by atoms with E-state index < -0.39 is 21.9 Å². The molecule has 0 bridgehead atoms. The summed E-state index contributed by atoms with van der Waals surface area (Å²) >= 11 is 0. The van der Waals surface area contributed by atoms with Crippen LogP contribution in [0.1, 0.15) is 47.2 Å². The Balaban J connectivity index is 1.97. The van der Waals surface area contributed by atoms with Crippen LogP contribution in [0.2, 0.25) is 0 Å². The highest BCUT2D eigenvalue weighted by Gasteiger charge is 2.36. The van der Waals surface area contributed by atoms with Gasteiger partial charge in [-0.25, -0.2) is 22.8 Å².